The molecule has 2 heterocycles. The van der Waals surface area contributed by atoms with Gasteiger partial charge in [0.1, 0.15) is 0 Å². The Hall–Kier alpha value is -4.01. The summed E-state index contributed by atoms with van der Waals surface area (Å²) >= 11 is 0. The second-order valence-corrected chi connectivity index (χ2v) is 6.47. The molecule has 0 unspecified atom stereocenters. The summed E-state index contributed by atoms with van der Waals surface area (Å²) < 4.78 is 4.17. The van der Waals surface area contributed by atoms with E-state index in [1.807, 2.05) is 6.07 Å². The minimum absolute atomic E-state index is 0.0286. The van der Waals surface area contributed by atoms with Crippen molar-refractivity contribution in [3.63, 3.8) is 0 Å². The minimum Gasteiger partial charge on any atom is -0.320 e. The lowest BCUT2D eigenvalue weighted by Crippen LogP contribution is -2.39. The van der Waals surface area contributed by atoms with E-state index in [2.05, 4.69) is 4.98 Å². The fourth-order valence-corrected chi connectivity index (χ4v) is 3.35. The second kappa shape index (κ2) is 7.19. The van der Waals surface area contributed by atoms with E-state index < -0.39 is 16.2 Å². The zero-order valence-corrected chi connectivity index (χ0v) is 15.6. The maximum absolute atomic E-state index is 13.0. The van der Waals surface area contributed by atoms with Gasteiger partial charge in [0.05, 0.1) is 16.9 Å². The quantitative estimate of drug-likeness (QED) is 0.383. The number of rotatable bonds is 5. The van der Waals surface area contributed by atoms with Crippen LogP contribution in [0.3, 0.4) is 0 Å². The predicted octanol–water partition coefficient (Wildman–Crippen LogP) is 2.33. The molecular weight excluding hydrogens is 374 g/mol. The van der Waals surface area contributed by atoms with Crippen molar-refractivity contribution in [2.24, 2.45) is 0 Å². The first-order chi connectivity index (χ1) is 14.0. The largest absolute Gasteiger partial charge is 0.337 e. The standard InChI is InChI=1S/C20H17N5O4/c1-2-23-19(26)17-18(24(20(23)27)15-8-4-3-5-9-15)21-13-22(17)12-14-7-6-10-16(11-14)25(28)29/h3-11,13H,2,12H2,1H3. The minimum atomic E-state index is -0.466. The number of nitro benzene ring substituents is 1. The van der Waals surface area contributed by atoms with Crippen molar-refractivity contribution in [2.45, 2.75) is 20.0 Å². The zero-order chi connectivity index (χ0) is 20.5. The number of nitro groups is 1. The first-order valence-electron chi connectivity index (χ1n) is 9.00. The van der Waals surface area contributed by atoms with E-state index in [0.717, 1.165) is 4.57 Å². The van der Waals surface area contributed by atoms with Gasteiger partial charge in [0, 0.05) is 25.2 Å². The Morgan fingerprint density at radius 1 is 1.07 bits per heavy atom. The highest BCUT2D eigenvalue weighted by Gasteiger charge is 2.19. The Balaban J connectivity index is 1.95. The molecule has 0 saturated carbocycles. The van der Waals surface area contributed by atoms with Gasteiger partial charge in [0.2, 0.25) is 0 Å². The molecule has 0 radical (unpaired) electrons. The smallest absolute Gasteiger partial charge is 0.320 e. The molecule has 0 fully saturated rings. The van der Waals surface area contributed by atoms with E-state index in [1.165, 1.54) is 23.0 Å². The Kier molecular flexibility index (Phi) is 4.55. The summed E-state index contributed by atoms with van der Waals surface area (Å²) in [6, 6.07) is 15.2. The maximum Gasteiger partial charge on any atom is 0.337 e. The van der Waals surface area contributed by atoms with Gasteiger partial charge < -0.3 is 4.57 Å². The fourth-order valence-electron chi connectivity index (χ4n) is 3.35. The number of nitrogens with zero attached hydrogens (tertiary/aromatic N) is 5. The number of hydrogen-bond acceptors (Lipinski definition) is 5. The van der Waals surface area contributed by atoms with Crippen LogP contribution in [0.1, 0.15) is 12.5 Å². The molecular formula is C20H17N5O4. The van der Waals surface area contributed by atoms with Crippen molar-refractivity contribution in [3.05, 3.63) is 97.4 Å². The summed E-state index contributed by atoms with van der Waals surface area (Å²) in [5, 5.41) is 11.0. The van der Waals surface area contributed by atoms with Gasteiger partial charge in [-0.2, -0.15) is 0 Å². The SMILES string of the molecule is CCn1c(=O)c2c(ncn2Cc2cccc([N+](=O)[O-])c2)n(-c2ccccc2)c1=O. The number of hydrogen-bond donors (Lipinski definition) is 0. The Bertz CT molecular complexity index is 1330. The third-order valence-electron chi connectivity index (χ3n) is 4.71. The van der Waals surface area contributed by atoms with E-state index in [4.69, 9.17) is 0 Å². The lowest BCUT2D eigenvalue weighted by atomic mass is 10.2. The molecule has 0 aliphatic rings. The molecule has 9 nitrogen and oxygen atoms in total. The van der Waals surface area contributed by atoms with Crippen LogP contribution in [0.4, 0.5) is 5.69 Å². The molecule has 0 atom stereocenters. The molecule has 0 aliphatic carbocycles. The number of para-hydroxylation sites is 1. The number of imidazole rings is 1. The number of non-ortho nitro benzene ring substituents is 1. The number of fused-ring (bicyclic) bond motifs is 1. The Morgan fingerprint density at radius 3 is 2.52 bits per heavy atom. The van der Waals surface area contributed by atoms with E-state index in [9.17, 15) is 19.7 Å². The molecule has 0 amide bonds. The molecule has 29 heavy (non-hydrogen) atoms. The van der Waals surface area contributed by atoms with Crippen LogP contribution in [0.25, 0.3) is 16.9 Å². The molecule has 0 N–H and O–H groups in total. The van der Waals surface area contributed by atoms with Gasteiger partial charge in [0.25, 0.3) is 11.2 Å². The third kappa shape index (κ3) is 3.12. The van der Waals surface area contributed by atoms with Gasteiger partial charge >= 0.3 is 5.69 Å². The van der Waals surface area contributed by atoms with Crippen LogP contribution in [0.2, 0.25) is 0 Å². The van der Waals surface area contributed by atoms with E-state index in [-0.39, 0.29) is 29.9 Å². The molecule has 9 heteroatoms. The highest BCUT2D eigenvalue weighted by Crippen LogP contribution is 2.17. The molecule has 4 aromatic rings. The van der Waals surface area contributed by atoms with Crippen LogP contribution in [0, 0.1) is 10.1 Å². The molecule has 2 aromatic heterocycles. The average Bonchev–Trinajstić information content (AvgIpc) is 3.13. The number of aromatic nitrogens is 4. The van der Waals surface area contributed by atoms with E-state index in [0.29, 0.717) is 11.3 Å². The monoisotopic (exact) mass is 391 g/mol. The van der Waals surface area contributed by atoms with Crippen molar-refractivity contribution in [1.29, 1.82) is 0 Å². The summed E-state index contributed by atoms with van der Waals surface area (Å²) in [5.41, 5.74) is 0.838. The third-order valence-corrected chi connectivity index (χ3v) is 4.71. The molecule has 0 aliphatic heterocycles. The fraction of sp³-hybridized carbons (Fsp3) is 0.150. The van der Waals surface area contributed by atoms with E-state index >= 15 is 0 Å². The van der Waals surface area contributed by atoms with Gasteiger partial charge in [0.15, 0.2) is 11.2 Å². The van der Waals surface area contributed by atoms with Gasteiger partial charge in [-0.3, -0.25) is 19.5 Å². The van der Waals surface area contributed by atoms with Gasteiger partial charge in [-0.1, -0.05) is 30.3 Å². The Labute approximate surface area is 164 Å². The molecule has 0 saturated heterocycles. The van der Waals surface area contributed by atoms with Crippen molar-refractivity contribution in [1.82, 2.24) is 18.7 Å². The van der Waals surface area contributed by atoms with Crippen molar-refractivity contribution < 1.29 is 4.92 Å². The topological polar surface area (TPSA) is 105 Å². The summed E-state index contributed by atoms with van der Waals surface area (Å²) in [5.74, 6) is 0. The highest BCUT2D eigenvalue weighted by atomic mass is 16.6. The van der Waals surface area contributed by atoms with Crippen LogP contribution in [0.5, 0.6) is 0 Å². The summed E-state index contributed by atoms with van der Waals surface area (Å²) in [6.07, 6.45) is 1.48. The van der Waals surface area contributed by atoms with Gasteiger partial charge in [-0.15, -0.1) is 0 Å². The van der Waals surface area contributed by atoms with Crippen molar-refractivity contribution in [3.8, 4) is 5.69 Å². The van der Waals surface area contributed by atoms with Gasteiger partial charge in [-0.25, -0.2) is 14.3 Å². The Morgan fingerprint density at radius 2 is 1.83 bits per heavy atom. The number of benzene rings is 2. The van der Waals surface area contributed by atoms with Crippen molar-refractivity contribution in [2.75, 3.05) is 0 Å². The van der Waals surface area contributed by atoms with E-state index in [1.54, 1.807) is 47.9 Å². The normalized spacial score (nSPS) is 11.1. The maximum atomic E-state index is 13.0. The lowest BCUT2D eigenvalue weighted by molar-refractivity contribution is -0.384. The first kappa shape index (κ1) is 18.4. The van der Waals surface area contributed by atoms with Crippen LogP contribution < -0.4 is 11.2 Å². The molecule has 0 bridgehead atoms. The summed E-state index contributed by atoms with van der Waals surface area (Å²) in [7, 11) is 0. The molecule has 146 valence electrons. The lowest BCUT2D eigenvalue weighted by Gasteiger charge is -2.11. The van der Waals surface area contributed by atoms with Crippen LogP contribution in [0.15, 0.2) is 70.5 Å². The van der Waals surface area contributed by atoms with Crippen LogP contribution in [-0.4, -0.2) is 23.6 Å². The highest BCUT2D eigenvalue weighted by molar-refractivity contribution is 5.72. The summed E-state index contributed by atoms with van der Waals surface area (Å²) in [6.45, 7) is 2.15. The average molecular weight is 391 g/mol. The molecule has 4 rings (SSSR count). The van der Waals surface area contributed by atoms with Gasteiger partial charge in [-0.05, 0) is 24.6 Å². The second-order valence-electron chi connectivity index (χ2n) is 6.47. The predicted molar refractivity (Wildman–Crippen MR) is 107 cm³/mol. The van der Waals surface area contributed by atoms with Crippen LogP contribution >= 0.6 is 0 Å². The summed E-state index contributed by atoms with van der Waals surface area (Å²) in [4.78, 5) is 40.8. The molecule has 0 spiro atoms. The first-order valence-corrected chi connectivity index (χ1v) is 9.00. The molecule has 2 aromatic carbocycles. The zero-order valence-electron chi connectivity index (χ0n) is 15.6. The van der Waals surface area contributed by atoms with Crippen LogP contribution in [-0.2, 0) is 13.1 Å². The van der Waals surface area contributed by atoms with Crippen molar-refractivity contribution >= 4 is 16.9 Å².